The summed E-state index contributed by atoms with van der Waals surface area (Å²) < 4.78 is 4.80. The van der Waals surface area contributed by atoms with Crippen LogP contribution < -0.4 is 0 Å². The lowest BCUT2D eigenvalue weighted by Crippen LogP contribution is -1.91. The molecule has 0 fully saturated rings. The van der Waals surface area contributed by atoms with E-state index in [1.807, 2.05) is 0 Å². The van der Waals surface area contributed by atoms with Crippen molar-refractivity contribution in [1.29, 1.82) is 0 Å². The maximum Gasteiger partial charge on any atom is 0.371 e. The zero-order valence-corrected chi connectivity index (χ0v) is 6.61. The molecule has 13 heavy (non-hydrogen) atoms. The van der Waals surface area contributed by atoms with Crippen LogP contribution in [-0.4, -0.2) is 17.4 Å². The van der Waals surface area contributed by atoms with Crippen molar-refractivity contribution in [2.24, 2.45) is 0 Å². The van der Waals surface area contributed by atoms with Crippen LogP contribution >= 0.6 is 0 Å². The highest BCUT2D eigenvalue weighted by Crippen LogP contribution is 2.05. The first kappa shape index (κ1) is 9.07. The number of furan rings is 1. The highest BCUT2D eigenvalue weighted by Gasteiger charge is 2.06. The zero-order chi connectivity index (χ0) is 9.68. The Hall–Kier alpha value is -2.02. The topological polar surface area (TPSA) is 67.5 Å². The minimum atomic E-state index is -1.14. The largest absolute Gasteiger partial charge is 0.475 e. The summed E-state index contributed by atoms with van der Waals surface area (Å²) in [5, 5.41) is 8.47. The molecular weight excluding hydrogens is 172 g/mol. The summed E-state index contributed by atoms with van der Waals surface area (Å²) in [6.07, 6.45) is 0.775. The maximum atomic E-state index is 10.3. The average molecular weight is 178 g/mol. The van der Waals surface area contributed by atoms with Crippen molar-refractivity contribution >= 4 is 12.3 Å². The SMILES string of the molecule is O=CCC#Cc1ccc(C(=O)O)o1. The fourth-order valence-corrected chi connectivity index (χ4v) is 0.700. The van der Waals surface area contributed by atoms with E-state index < -0.39 is 5.97 Å². The molecule has 4 heteroatoms. The number of hydrogen-bond donors (Lipinski definition) is 1. The molecular formula is C9H6O4. The number of carbonyl (C=O) groups is 2. The quantitative estimate of drug-likeness (QED) is 0.540. The normalized spacial score (nSPS) is 8.62. The highest BCUT2D eigenvalue weighted by atomic mass is 16.4. The van der Waals surface area contributed by atoms with Gasteiger partial charge in [0, 0.05) is 0 Å². The lowest BCUT2D eigenvalue weighted by molar-refractivity contribution is -0.107. The highest BCUT2D eigenvalue weighted by molar-refractivity contribution is 5.84. The first-order chi connectivity index (χ1) is 6.24. The van der Waals surface area contributed by atoms with Gasteiger partial charge in [-0.2, -0.15) is 0 Å². The van der Waals surface area contributed by atoms with Gasteiger partial charge in [0.15, 0.2) is 5.76 Å². The molecule has 0 bridgehead atoms. The van der Waals surface area contributed by atoms with Crippen molar-refractivity contribution in [3.63, 3.8) is 0 Å². The molecule has 1 heterocycles. The number of carboxylic acids is 1. The third kappa shape index (κ3) is 2.49. The van der Waals surface area contributed by atoms with Gasteiger partial charge < -0.3 is 14.3 Å². The number of aldehydes is 1. The van der Waals surface area contributed by atoms with Crippen LogP contribution in [0.15, 0.2) is 16.5 Å². The zero-order valence-electron chi connectivity index (χ0n) is 6.61. The van der Waals surface area contributed by atoms with Gasteiger partial charge in [0.05, 0.1) is 6.42 Å². The predicted molar refractivity (Wildman–Crippen MR) is 43.2 cm³/mol. The minimum Gasteiger partial charge on any atom is -0.475 e. The standard InChI is InChI=1S/C9H6O4/c10-6-2-1-3-7-4-5-8(13-7)9(11)12/h4-6H,2H2,(H,11,12). The Labute approximate surface area is 74.2 Å². The van der Waals surface area contributed by atoms with E-state index in [1.54, 1.807) is 0 Å². The first-order valence-corrected chi connectivity index (χ1v) is 3.49. The smallest absolute Gasteiger partial charge is 0.371 e. The van der Waals surface area contributed by atoms with E-state index in [0.29, 0.717) is 6.29 Å². The summed E-state index contributed by atoms with van der Waals surface area (Å²) in [6, 6.07) is 2.76. The van der Waals surface area contributed by atoms with Gasteiger partial charge in [0.2, 0.25) is 5.76 Å². The fourth-order valence-electron chi connectivity index (χ4n) is 0.700. The van der Waals surface area contributed by atoms with E-state index in [1.165, 1.54) is 12.1 Å². The van der Waals surface area contributed by atoms with Gasteiger partial charge in [-0.15, -0.1) is 0 Å². The van der Waals surface area contributed by atoms with E-state index in [-0.39, 0.29) is 17.9 Å². The molecule has 0 amide bonds. The molecule has 0 spiro atoms. The molecule has 0 unspecified atom stereocenters. The van der Waals surface area contributed by atoms with Crippen LogP contribution in [0.5, 0.6) is 0 Å². The van der Waals surface area contributed by atoms with Gasteiger partial charge in [-0.1, -0.05) is 5.92 Å². The van der Waals surface area contributed by atoms with Crippen LogP contribution in [0.2, 0.25) is 0 Å². The van der Waals surface area contributed by atoms with E-state index in [9.17, 15) is 9.59 Å². The van der Waals surface area contributed by atoms with Crippen LogP contribution in [0.3, 0.4) is 0 Å². The molecule has 1 aromatic heterocycles. The average Bonchev–Trinajstić information content (AvgIpc) is 2.53. The molecule has 0 aliphatic rings. The molecule has 0 aromatic carbocycles. The molecule has 0 saturated carbocycles. The molecule has 0 saturated heterocycles. The van der Waals surface area contributed by atoms with Crippen molar-refractivity contribution in [2.75, 3.05) is 0 Å². The molecule has 0 aliphatic carbocycles. The molecule has 1 aromatic rings. The number of aromatic carboxylic acids is 1. The third-order valence-electron chi connectivity index (χ3n) is 1.21. The van der Waals surface area contributed by atoms with E-state index >= 15 is 0 Å². The Morgan fingerprint density at radius 3 is 2.92 bits per heavy atom. The Balaban J connectivity index is 2.76. The molecule has 0 radical (unpaired) electrons. The maximum absolute atomic E-state index is 10.3. The van der Waals surface area contributed by atoms with Gasteiger partial charge in [-0.3, -0.25) is 0 Å². The Morgan fingerprint density at radius 1 is 1.62 bits per heavy atom. The number of carbonyl (C=O) groups excluding carboxylic acids is 1. The van der Waals surface area contributed by atoms with E-state index in [0.717, 1.165) is 0 Å². The Morgan fingerprint density at radius 2 is 2.38 bits per heavy atom. The minimum absolute atomic E-state index is 0.114. The summed E-state index contributed by atoms with van der Waals surface area (Å²) in [6.45, 7) is 0. The van der Waals surface area contributed by atoms with Gasteiger partial charge in [0.25, 0.3) is 0 Å². The number of carboxylic acid groups (broad SMARTS) is 1. The third-order valence-corrected chi connectivity index (χ3v) is 1.21. The summed E-state index contributed by atoms with van der Waals surface area (Å²) in [7, 11) is 0. The van der Waals surface area contributed by atoms with Crippen molar-refractivity contribution < 1.29 is 19.1 Å². The Kier molecular flexibility index (Phi) is 2.87. The van der Waals surface area contributed by atoms with Gasteiger partial charge in [-0.25, -0.2) is 4.79 Å². The van der Waals surface area contributed by atoms with Crippen molar-refractivity contribution in [2.45, 2.75) is 6.42 Å². The van der Waals surface area contributed by atoms with Crippen molar-refractivity contribution in [3.8, 4) is 11.8 Å². The monoisotopic (exact) mass is 178 g/mol. The molecule has 0 aliphatic heterocycles. The second-order valence-corrected chi connectivity index (χ2v) is 2.14. The van der Waals surface area contributed by atoms with Gasteiger partial charge in [0.1, 0.15) is 6.29 Å². The number of hydrogen-bond acceptors (Lipinski definition) is 3. The summed E-state index contributed by atoms with van der Waals surface area (Å²) in [5.41, 5.74) is 0. The fraction of sp³-hybridized carbons (Fsp3) is 0.111. The van der Waals surface area contributed by atoms with Crippen molar-refractivity contribution in [3.05, 3.63) is 23.7 Å². The number of rotatable bonds is 2. The molecule has 1 rings (SSSR count). The van der Waals surface area contributed by atoms with Crippen LogP contribution in [0.1, 0.15) is 22.7 Å². The lowest BCUT2D eigenvalue weighted by atomic mass is 10.4. The second kappa shape index (κ2) is 4.12. The van der Waals surface area contributed by atoms with Gasteiger partial charge >= 0.3 is 5.97 Å². The molecule has 66 valence electrons. The Bertz CT molecular complexity index is 378. The molecule has 0 atom stereocenters. The molecule has 1 N–H and O–H groups in total. The van der Waals surface area contributed by atoms with Crippen LogP contribution in [0.4, 0.5) is 0 Å². The summed E-state index contributed by atoms with van der Waals surface area (Å²) in [5.74, 6) is 3.97. The van der Waals surface area contributed by atoms with Crippen LogP contribution in [0.25, 0.3) is 0 Å². The predicted octanol–water partition coefficient (Wildman–Crippen LogP) is 0.918. The summed E-state index contributed by atoms with van der Waals surface area (Å²) in [4.78, 5) is 20.2. The first-order valence-electron chi connectivity index (χ1n) is 3.49. The van der Waals surface area contributed by atoms with Crippen LogP contribution in [-0.2, 0) is 4.79 Å². The lowest BCUT2D eigenvalue weighted by Gasteiger charge is -1.82. The second-order valence-electron chi connectivity index (χ2n) is 2.14. The van der Waals surface area contributed by atoms with Crippen molar-refractivity contribution in [1.82, 2.24) is 0 Å². The van der Waals surface area contributed by atoms with Crippen LogP contribution in [0, 0.1) is 11.8 Å². The molecule has 4 nitrogen and oxygen atoms in total. The van der Waals surface area contributed by atoms with Gasteiger partial charge in [-0.05, 0) is 18.1 Å². The summed E-state index contributed by atoms with van der Waals surface area (Å²) >= 11 is 0. The van der Waals surface area contributed by atoms with E-state index in [4.69, 9.17) is 9.52 Å². The van der Waals surface area contributed by atoms with E-state index in [2.05, 4.69) is 11.8 Å².